The Morgan fingerprint density at radius 2 is 1.78 bits per heavy atom. The summed E-state index contributed by atoms with van der Waals surface area (Å²) in [4.78, 5) is 11.8. The van der Waals surface area contributed by atoms with Gasteiger partial charge in [-0.1, -0.05) is 13.8 Å². The van der Waals surface area contributed by atoms with Crippen molar-refractivity contribution in [1.29, 1.82) is 0 Å². The van der Waals surface area contributed by atoms with Crippen LogP contribution in [0.4, 0.5) is 0 Å². The van der Waals surface area contributed by atoms with Crippen LogP contribution in [0.5, 0.6) is 0 Å². The van der Waals surface area contributed by atoms with Gasteiger partial charge in [-0.3, -0.25) is 4.79 Å². The third-order valence-corrected chi connectivity index (χ3v) is 4.80. The summed E-state index contributed by atoms with van der Waals surface area (Å²) in [7, 11) is 0. The summed E-state index contributed by atoms with van der Waals surface area (Å²) in [5.41, 5.74) is -0.418. The summed E-state index contributed by atoms with van der Waals surface area (Å²) >= 11 is 1.87. The first-order valence-corrected chi connectivity index (χ1v) is 7.93. The SMILES string of the molecule is CCC(CC)(CNC(C)C(=O)OC(C)(C)C)SC. The zero-order valence-corrected chi connectivity index (χ0v) is 13.7. The van der Waals surface area contributed by atoms with Crippen molar-refractivity contribution in [3.8, 4) is 0 Å². The van der Waals surface area contributed by atoms with Gasteiger partial charge in [0.05, 0.1) is 0 Å². The topological polar surface area (TPSA) is 38.3 Å². The molecule has 1 unspecified atom stereocenters. The van der Waals surface area contributed by atoms with Crippen LogP contribution in [-0.2, 0) is 9.53 Å². The van der Waals surface area contributed by atoms with Gasteiger partial charge >= 0.3 is 5.97 Å². The number of carbonyl (C=O) groups excluding carboxylic acids is 1. The van der Waals surface area contributed by atoms with Gasteiger partial charge in [0.2, 0.25) is 0 Å². The number of hydrogen-bond donors (Lipinski definition) is 1. The Morgan fingerprint density at radius 3 is 2.11 bits per heavy atom. The molecule has 0 aromatic rings. The van der Waals surface area contributed by atoms with Gasteiger partial charge in [0.1, 0.15) is 11.6 Å². The lowest BCUT2D eigenvalue weighted by Crippen LogP contribution is -2.45. The van der Waals surface area contributed by atoms with Crippen molar-refractivity contribution in [2.45, 2.75) is 70.8 Å². The smallest absolute Gasteiger partial charge is 0.323 e. The predicted octanol–water partition coefficient (Wildman–Crippen LogP) is 3.23. The van der Waals surface area contributed by atoms with E-state index in [1.54, 1.807) is 0 Å². The molecule has 0 amide bonds. The second-order valence-corrected chi connectivity index (χ2v) is 7.00. The predicted molar refractivity (Wildman–Crippen MR) is 80.1 cm³/mol. The summed E-state index contributed by atoms with van der Waals surface area (Å²) in [5, 5.41) is 3.30. The van der Waals surface area contributed by atoms with Gasteiger partial charge in [-0.15, -0.1) is 0 Å². The van der Waals surface area contributed by atoms with Crippen molar-refractivity contribution in [1.82, 2.24) is 5.32 Å². The largest absolute Gasteiger partial charge is 0.459 e. The minimum absolute atomic E-state index is 0.176. The van der Waals surface area contributed by atoms with Crippen molar-refractivity contribution in [3.63, 3.8) is 0 Å². The maximum atomic E-state index is 11.8. The van der Waals surface area contributed by atoms with Crippen LogP contribution in [0.2, 0.25) is 0 Å². The van der Waals surface area contributed by atoms with Crippen LogP contribution in [0, 0.1) is 0 Å². The first-order valence-electron chi connectivity index (χ1n) is 6.71. The Labute approximate surface area is 116 Å². The molecule has 0 aliphatic rings. The van der Waals surface area contributed by atoms with Gasteiger partial charge in [-0.25, -0.2) is 0 Å². The fourth-order valence-corrected chi connectivity index (χ4v) is 2.48. The van der Waals surface area contributed by atoms with Crippen molar-refractivity contribution in [3.05, 3.63) is 0 Å². The highest BCUT2D eigenvalue weighted by molar-refractivity contribution is 8.00. The molecule has 1 atom stereocenters. The minimum Gasteiger partial charge on any atom is -0.459 e. The summed E-state index contributed by atoms with van der Waals surface area (Å²) in [6.07, 6.45) is 4.32. The Hall–Kier alpha value is -0.220. The van der Waals surface area contributed by atoms with Crippen molar-refractivity contribution >= 4 is 17.7 Å². The molecule has 0 aromatic heterocycles. The Bertz CT molecular complexity index is 249. The fraction of sp³-hybridized carbons (Fsp3) is 0.929. The van der Waals surface area contributed by atoms with E-state index < -0.39 is 5.60 Å². The number of ether oxygens (including phenoxy) is 1. The van der Waals surface area contributed by atoms with Crippen LogP contribution in [0.15, 0.2) is 0 Å². The van der Waals surface area contributed by atoms with E-state index in [0.29, 0.717) is 0 Å². The number of thioether (sulfide) groups is 1. The number of esters is 1. The molecule has 108 valence electrons. The van der Waals surface area contributed by atoms with Crippen LogP contribution in [-0.4, -0.2) is 35.2 Å². The first kappa shape index (κ1) is 17.8. The molecule has 0 spiro atoms. The second-order valence-electron chi connectivity index (χ2n) is 5.73. The van der Waals surface area contributed by atoms with Crippen molar-refractivity contribution < 1.29 is 9.53 Å². The number of nitrogens with one attached hydrogen (secondary N) is 1. The van der Waals surface area contributed by atoms with E-state index in [-0.39, 0.29) is 16.8 Å². The summed E-state index contributed by atoms with van der Waals surface area (Å²) in [5.74, 6) is -0.176. The van der Waals surface area contributed by atoms with Crippen LogP contribution in [0.25, 0.3) is 0 Å². The van der Waals surface area contributed by atoms with E-state index in [1.807, 2.05) is 39.5 Å². The first-order chi connectivity index (χ1) is 8.19. The fourth-order valence-electron chi connectivity index (χ4n) is 1.67. The van der Waals surface area contributed by atoms with Crippen LogP contribution in [0.3, 0.4) is 0 Å². The highest BCUT2D eigenvalue weighted by Crippen LogP contribution is 2.29. The summed E-state index contributed by atoms with van der Waals surface area (Å²) in [6, 6.07) is -0.256. The monoisotopic (exact) mass is 275 g/mol. The molecule has 0 rings (SSSR count). The lowest BCUT2D eigenvalue weighted by Gasteiger charge is -2.31. The molecule has 3 nitrogen and oxygen atoms in total. The molecular weight excluding hydrogens is 246 g/mol. The standard InChI is InChI=1S/C14H29NO2S/c1-8-14(9-2,18-7)10-15-11(3)12(16)17-13(4,5)6/h11,15H,8-10H2,1-7H3. The number of hydrogen-bond acceptors (Lipinski definition) is 4. The average molecular weight is 275 g/mol. The molecule has 0 aromatic carbocycles. The molecular formula is C14H29NO2S. The zero-order chi connectivity index (χ0) is 14.4. The van der Waals surface area contributed by atoms with Gasteiger partial charge < -0.3 is 10.1 Å². The second kappa shape index (κ2) is 7.39. The molecule has 4 heteroatoms. The zero-order valence-electron chi connectivity index (χ0n) is 12.9. The lowest BCUT2D eigenvalue weighted by atomic mass is 10.0. The van der Waals surface area contributed by atoms with E-state index in [0.717, 1.165) is 19.4 Å². The third-order valence-electron chi connectivity index (χ3n) is 3.21. The van der Waals surface area contributed by atoms with E-state index in [9.17, 15) is 4.79 Å². The van der Waals surface area contributed by atoms with Gasteiger partial charge in [0, 0.05) is 11.3 Å². The van der Waals surface area contributed by atoms with Crippen molar-refractivity contribution in [2.75, 3.05) is 12.8 Å². The Morgan fingerprint density at radius 1 is 1.28 bits per heavy atom. The molecule has 18 heavy (non-hydrogen) atoms. The molecule has 1 N–H and O–H groups in total. The molecule has 0 saturated heterocycles. The quantitative estimate of drug-likeness (QED) is 0.724. The van der Waals surface area contributed by atoms with E-state index in [2.05, 4.69) is 25.4 Å². The van der Waals surface area contributed by atoms with Crippen LogP contribution in [0.1, 0.15) is 54.4 Å². The molecule has 0 radical (unpaired) electrons. The highest BCUT2D eigenvalue weighted by Gasteiger charge is 2.27. The van der Waals surface area contributed by atoms with Crippen LogP contribution < -0.4 is 5.32 Å². The van der Waals surface area contributed by atoms with E-state index in [1.165, 1.54) is 0 Å². The maximum absolute atomic E-state index is 11.8. The Kier molecular flexibility index (Phi) is 7.30. The van der Waals surface area contributed by atoms with Gasteiger partial charge in [-0.2, -0.15) is 11.8 Å². The molecule has 0 aliphatic heterocycles. The van der Waals surface area contributed by atoms with Gasteiger partial charge in [-0.05, 0) is 46.8 Å². The molecule has 0 bridgehead atoms. The molecule has 0 saturated carbocycles. The van der Waals surface area contributed by atoms with Crippen LogP contribution >= 0.6 is 11.8 Å². The van der Waals surface area contributed by atoms with Gasteiger partial charge in [0.15, 0.2) is 0 Å². The summed E-state index contributed by atoms with van der Waals surface area (Å²) in [6.45, 7) is 12.8. The normalized spacial score (nSPS) is 14.4. The Balaban J connectivity index is 4.32. The van der Waals surface area contributed by atoms with E-state index in [4.69, 9.17) is 4.74 Å². The number of carbonyl (C=O) groups is 1. The lowest BCUT2D eigenvalue weighted by molar-refractivity contribution is -0.157. The maximum Gasteiger partial charge on any atom is 0.323 e. The molecule has 0 fully saturated rings. The van der Waals surface area contributed by atoms with E-state index >= 15 is 0 Å². The average Bonchev–Trinajstić information content (AvgIpc) is 2.29. The van der Waals surface area contributed by atoms with Gasteiger partial charge in [0.25, 0.3) is 0 Å². The van der Waals surface area contributed by atoms with Crippen molar-refractivity contribution in [2.24, 2.45) is 0 Å². The number of rotatable bonds is 7. The molecule has 0 aliphatic carbocycles. The highest BCUT2D eigenvalue weighted by atomic mass is 32.2. The third kappa shape index (κ3) is 6.10. The molecule has 0 heterocycles. The minimum atomic E-state index is -0.418. The summed E-state index contributed by atoms with van der Waals surface area (Å²) < 4.78 is 5.58.